The summed E-state index contributed by atoms with van der Waals surface area (Å²) < 4.78 is 27.5. The maximum Gasteiger partial charge on any atom is 0.271 e. The Hall–Kier alpha value is -4.05. The zero-order valence-corrected chi connectivity index (χ0v) is 16.0. The Morgan fingerprint density at radius 2 is 1.43 bits per heavy atom. The molecule has 10 heteroatoms. The van der Waals surface area contributed by atoms with Crippen LogP contribution >= 0.6 is 0 Å². The smallest absolute Gasteiger partial charge is 0.271 e. The lowest BCUT2D eigenvalue weighted by Gasteiger charge is -2.15. The van der Waals surface area contributed by atoms with E-state index in [9.17, 15) is 28.1 Å². The second-order valence-electron chi connectivity index (χ2n) is 6.40. The third-order valence-electron chi connectivity index (χ3n) is 4.51. The number of non-ortho nitro benzene ring substituents is 1. The molecule has 0 atom stereocenters. The first-order valence-corrected chi connectivity index (χ1v) is 10.1. The highest BCUT2D eigenvalue weighted by molar-refractivity contribution is 7.92. The van der Waals surface area contributed by atoms with E-state index >= 15 is 0 Å². The van der Waals surface area contributed by atoms with Crippen LogP contribution in [-0.4, -0.2) is 25.2 Å². The van der Waals surface area contributed by atoms with Crippen LogP contribution in [0.2, 0.25) is 0 Å². The van der Waals surface area contributed by atoms with Crippen molar-refractivity contribution in [2.24, 2.45) is 0 Å². The maximum atomic E-state index is 12.6. The molecule has 1 N–H and O–H groups in total. The molecule has 9 nitrogen and oxygen atoms in total. The number of nitrogens with zero attached hydrogens (tertiary/aromatic N) is 2. The van der Waals surface area contributed by atoms with Gasteiger partial charge in [0.1, 0.15) is 0 Å². The second kappa shape index (κ2) is 7.08. The summed E-state index contributed by atoms with van der Waals surface area (Å²) in [5.41, 5.74) is 0.582. The van der Waals surface area contributed by atoms with Crippen molar-refractivity contribution in [3.05, 3.63) is 94.0 Å². The summed E-state index contributed by atoms with van der Waals surface area (Å²) in [6.45, 7) is 0. The first-order valence-electron chi connectivity index (χ1n) is 8.63. The van der Waals surface area contributed by atoms with Crippen LogP contribution in [0.25, 0.3) is 0 Å². The number of nitro benzene ring substituents is 1. The second-order valence-corrected chi connectivity index (χ2v) is 8.08. The van der Waals surface area contributed by atoms with Gasteiger partial charge < -0.3 is 0 Å². The van der Waals surface area contributed by atoms with Crippen LogP contribution in [0.15, 0.2) is 77.7 Å². The molecule has 150 valence electrons. The van der Waals surface area contributed by atoms with Gasteiger partial charge in [0.05, 0.1) is 32.3 Å². The fraction of sp³-hybridized carbons (Fsp3) is 0. The number of imide groups is 1. The van der Waals surface area contributed by atoms with Crippen molar-refractivity contribution in [3.63, 3.8) is 0 Å². The van der Waals surface area contributed by atoms with E-state index in [0.717, 1.165) is 11.0 Å². The first kappa shape index (κ1) is 19.3. The Labute approximate surface area is 170 Å². The van der Waals surface area contributed by atoms with E-state index in [-0.39, 0.29) is 33.1 Å². The molecule has 0 unspecified atom stereocenters. The lowest BCUT2D eigenvalue weighted by Crippen LogP contribution is -2.29. The van der Waals surface area contributed by atoms with Gasteiger partial charge in [0, 0.05) is 12.1 Å². The van der Waals surface area contributed by atoms with Crippen molar-refractivity contribution in [1.29, 1.82) is 0 Å². The standard InChI is InChI=1S/C20H13N3O6S/c24-19-17-6-1-2-7-18(17)20(25)22(19)14-8-10-16(11-9-14)30(28,29)21-13-4-3-5-15(12-13)23(26)27/h1-12,21H. The topological polar surface area (TPSA) is 127 Å². The summed E-state index contributed by atoms with van der Waals surface area (Å²) in [5, 5.41) is 10.9. The molecule has 0 fully saturated rings. The van der Waals surface area contributed by atoms with Crippen molar-refractivity contribution >= 4 is 38.9 Å². The van der Waals surface area contributed by atoms with E-state index in [1.807, 2.05) is 0 Å². The molecule has 2 amide bonds. The summed E-state index contributed by atoms with van der Waals surface area (Å²) in [7, 11) is -4.04. The summed E-state index contributed by atoms with van der Waals surface area (Å²) in [6.07, 6.45) is 0. The summed E-state index contributed by atoms with van der Waals surface area (Å²) >= 11 is 0. The molecule has 1 aliphatic rings. The number of carbonyl (C=O) groups is 2. The van der Waals surface area contributed by atoms with Crippen LogP contribution in [-0.2, 0) is 10.0 Å². The zero-order chi connectivity index (χ0) is 21.5. The van der Waals surface area contributed by atoms with Gasteiger partial charge in [0.15, 0.2) is 0 Å². The SMILES string of the molecule is O=C1c2ccccc2C(=O)N1c1ccc(S(=O)(=O)Nc2cccc([N+](=O)[O-])c2)cc1. The van der Waals surface area contributed by atoms with Crippen molar-refractivity contribution in [1.82, 2.24) is 0 Å². The van der Waals surface area contributed by atoms with E-state index in [1.54, 1.807) is 24.3 Å². The van der Waals surface area contributed by atoms with Crippen molar-refractivity contribution in [3.8, 4) is 0 Å². The van der Waals surface area contributed by atoms with Crippen LogP contribution in [0.3, 0.4) is 0 Å². The normalized spacial score (nSPS) is 13.3. The lowest BCUT2D eigenvalue weighted by atomic mass is 10.1. The number of fused-ring (bicyclic) bond motifs is 1. The number of anilines is 2. The minimum absolute atomic E-state index is 0.0358. The predicted molar refractivity (Wildman–Crippen MR) is 108 cm³/mol. The Kier molecular flexibility index (Phi) is 4.55. The number of nitro groups is 1. The Bertz CT molecular complexity index is 1270. The zero-order valence-electron chi connectivity index (χ0n) is 15.2. The van der Waals surface area contributed by atoms with E-state index in [2.05, 4.69) is 4.72 Å². The van der Waals surface area contributed by atoms with Crippen LogP contribution < -0.4 is 9.62 Å². The molecule has 0 bridgehead atoms. The average molecular weight is 423 g/mol. The highest BCUT2D eigenvalue weighted by Crippen LogP contribution is 2.29. The first-order chi connectivity index (χ1) is 14.3. The van der Waals surface area contributed by atoms with Gasteiger partial charge in [-0.05, 0) is 42.5 Å². The van der Waals surface area contributed by atoms with Crippen molar-refractivity contribution in [2.75, 3.05) is 9.62 Å². The minimum atomic E-state index is -4.04. The molecule has 0 aromatic heterocycles. The minimum Gasteiger partial charge on any atom is -0.279 e. The number of benzene rings is 3. The molecule has 0 saturated heterocycles. The van der Waals surface area contributed by atoms with Gasteiger partial charge in [0.2, 0.25) is 0 Å². The third kappa shape index (κ3) is 3.29. The number of nitrogens with one attached hydrogen (secondary N) is 1. The lowest BCUT2D eigenvalue weighted by molar-refractivity contribution is -0.384. The van der Waals surface area contributed by atoms with E-state index in [4.69, 9.17) is 0 Å². The largest absolute Gasteiger partial charge is 0.279 e. The van der Waals surface area contributed by atoms with Crippen molar-refractivity contribution in [2.45, 2.75) is 4.90 Å². The quantitative estimate of drug-likeness (QED) is 0.381. The van der Waals surface area contributed by atoms with Gasteiger partial charge in [-0.3, -0.25) is 24.4 Å². The molecule has 1 aliphatic heterocycles. The fourth-order valence-electron chi connectivity index (χ4n) is 3.10. The number of hydrogen-bond donors (Lipinski definition) is 1. The molecule has 0 saturated carbocycles. The van der Waals surface area contributed by atoms with Gasteiger partial charge in [-0.1, -0.05) is 18.2 Å². The van der Waals surface area contributed by atoms with Gasteiger partial charge in [-0.25, -0.2) is 13.3 Å². The van der Waals surface area contributed by atoms with Crippen LogP contribution in [0, 0.1) is 10.1 Å². The van der Waals surface area contributed by atoms with Crippen molar-refractivity contribution < 1.29 is 22.9 Å². The predicted octanol–water partition coefficient (Wildman–Crippen LogP) is 3.20. The summed E-state index contributed by atoms with van der Waals surface area (Å²) in [5.74, 6) is -0.971. The molecular weight excluding hydrogens is 410 g/mol. The Morgan fingerprint density at radius 3 is 2.00 bits per heavy atom. The highest BCUT2D eigenvalue weighted by atomic mass is 32.2. The molecule has 3 aromatic carbocycles. The summed E-state index contributed by atoms with van der Waals surface area (Å²) in [6, 6.07) is 16.7. The molecule has 4 rings (SSSR count). The van der Waals surface area contributed by atoms with Gasteiger partial charge in [-0.15, -0.1) is 0 Å². The molecule has 3 aromatic rings. The highest BCUT2D eigenvalue weighted by Gasteiger charge is 2.36. The summed E-state index contributed by atoms with van der Waals surface area (Å²) in [4.78, 5) is 36.2. The van der Waals surface area contributed by atoms with Gasteiger partial charge in [0.25, 0.3) is 27.5 Å². The molecule has 0 radical (unpaired) electrons. The average Bonchev–Trinajstić information content (AvgIpc) is 2.98. The monoisotopic (exact) mass is 423 g/mol. The Balaban J connectivity index is 1.59. The third-order valence-corrected chi connectivity index (χ3v) is 5.91. The number of sulfonamides is 1. The molecule has 1 heterocycles. The maximum absolute atomic E-state index is 12.6. The van der Waals surface area contributed by atoms with E-state index in [1.165, 1.54) is 42.5 Å². The number of rotatable bonds is 5. The number of hydrogen-bond acceptors (Lipinski definition) is 6. The molecule has 0 aliphatic carbocycles. The molecular formula is C20H13N3O6S. The van der Waals surface area contributed by atoms with Gasteiger partial charge in [-0.2, -0.15) is 0 Å². The molecule has 30 heavy (non-hydrogen) atoms. The fourth-order valence-corrected chi connectivity index (χ4v) is 4.14. The van der Waals surface area contributed by atoms with Crippen LogP contribution in [0.4, 0.5) is 17.1 Å². The van der Waals surface area contributed by atoms with Crippen LogP contribution in [0.5, 0.6) is 0 Å². The van der Waals surface area contributed by atoms with E-state index < -0.39 is 26.8 Å². The molecule has 0 spiro atoms. The number of amides is 2. The van der Waals surface area contributed by atoms with Crippen LogP contribution in [0.1, 0.15) is 20.7 Å². The van der Waals surface area contributed by atoms with E-state index in [0.29, 0.717) is 0 Å². The Morgan fingerprint density at radius 1 is 0.833 bits per heavy atom. The number of carbonyl (C=O) groups excluding carboxylic acids is 2. The van der Waals surface area contributed by atoms with Gasteiger partial charge >= 0.3 is 0 Å².